The molecular weight excluding hydrogens is 380 g/mol. The monoisotopic (exact) mass is 398 g/mol. The molecule has 0 aliphatic heterocycles. The van der Waals surface area contributed by atoms with E-state index in [0.29, 0.717) is 50.4 Å². The van der Waals surface area contributed by atoms with E-state index < -0.39 is 0 Å². The van der Waals surface area contributed by atoms with Crippen molar-refractivity contribution in [1.82, 2.24) is 0 Å². The van der Waals surface area contributed by atoms with Crippen molar-refractivity contribution in [3.63, 3.8) is 0 Å². The van der Waals surface area contributed by atoms with Crippen LogP contribution in [0.3, 0.4) is 0 Å². The highest BCUT2D eigenvalue weighted by Gasteiger charge is 2.26. The molecule has 3 aromatic carbocycles. The van der Waals surface area contributed by atoms with Gasteiger partial charge in [-0.25, -0.2) is 0 Å². The predicted molar refractivity (Wildman–Crippen MR) is 126 cm³/mol. The van der Waals surface area contributed by atoms with E-state index in [1.165, 1.54) is 0 Å². The van der Waals surface area contributed by atoms with Crippen LogP contribution >= 0.6 is 0 Å². The van der Waals surface area contributed by atoms with E-state index in [0.717, 1.165) is 0 Å². The smallest absolute Gasteiger partial charge is 0.101 e. The SMILES string of the molecule is C=Cc1cccc(C#N)c1N(c1c(C#N)cccc1C=C)c1c(C#N)cccc1C=C. The lowest BCUT2D eigenvalue weighted by atomic mass is 9.97. The molecule has 3 aromatic rings. The molecule has 0 atom stereocenters. The van der Waals surface area contributed by atoms with E-state index in [4.69, 9.17) is 0 Å². The Bertz CT molecular complexity index is 1160. The van der Waals surface area contributed by atoms with E-state index >= 15 is 0 Å². The van der Waals surface area contributed by atoms with Gasteiger partial charge in [0.25, 0.3) is 0 Å². The fourth-order valence-corrected chi connectivity index (χ4v) is 3.53. The maximum Gasteiger partial charge on any atom is 0.101 e. The van der Waals surface area contributed by atoms with Gasteiger partial charge in [0.05, 0.1) is 33.8 Å². The summed E-state index contributed by atoms with van der Waals surface area (Å²) >= 11 is 0. The molecule has 0 fully saturated rings. The van der Waals surface area contributed by atoms with Crippen LogP contribution in [-0.4, -0.2) is 0 Å². The first-order valence-electron chi connectivity index (χ1n) is 9.41. The Labute approximate surface area is 182 Å². The molecule has 0 heterocycles. The highest BCUT2D eigenvalue weighted by Crippen LogP contribution is 2.45. The Morgan fingerprint density at radius 3 is 1.06 bits per heavy atom. The van der Waals surface area contributed by atoms with Crippen LogP contribution in [0.2, 0.25) is 0 Å². The third-order valence-electron chi connectivity index (χ3n) is 4.89. The topological polar surface area (TPSA) is 74.6 Å². The van der Waals surface area contributed by atoms with Crippen molar-refractivity contribution in [3.8, 4) is 18.2 Å². The zero-order valence-corrected chi connectivity index (χ0v) is 16.8. The fraction of sp³-hybridized carbons (Fsp3) is 0. The number of hydrogen-bond donors (Lipinski definition) is 0. The molecule has 4 heteroatoms. The minimum absolute atomic E-state index is 0.378. The highest BCUT2D eigenvalue weighted by atomic mass is 15.2. The van der Waals surface area contributed by atoms with Crippen LogP contribution < -0.4 is 4.90 Å². The first-order valence-corrected chi connectivity index (χ1v) is 9.41. The quantitative estimate of drug-likeness (QED) is 0.463. The van der Waals surface area contributed by atoms with Crippen molar-refractivity contribution in [2.75, 3.05) is 4.90 Å². The maximum absolute atomic E-state index is 9.91. The fourth-order valence-electron chi connectivity index (χ4n) is 3.53. The number of nitriles is 3. The van der Waals surface area contributed by atoms with E-state index in [-0.39, 0.29) is 0 Å². The van der Waals surface area contributed by atoms with Crippen LogP contribution in [0.25, 0.3) is 18.2 Å². The van der Waals surface area contributed by atoms with Crippen molar-refractivity contribution in [2.45, 2.75) is 0 Å². The standard InChI is InChI=1S/C27H18N4/c1-4-19-10-7-13-22(16-28)25(19)31(26-20(5-2)11-8-14-23(26)17-29)27-21(6-3)12-9-15-24(27)18-30/h4-15H,1-3H2. The number of nitrogens with zero attached hydrogens (tertiary/aromatic N) is 4. The van der Waals surface area contributed by atoms with Crippen LogP contribution in [0, 0.1) is 34.0 Å². The largest absolute Gasteiger partial charge is 0.305 e. The Morgan fingerprint density at radius 2 is 0.839 bits per heavy atom. The number of hydrogen-bond acceptors (Lipinski definition) is 4. The van der Waals surface area contributed by atoms with Gasteiger partial charge in [-0.3, -0.25) is 0 Å². The molecule has 4 nitrogen and oxygen atoms in total. The lowest BCUT2D eigenvalue weighted by molar-refractivity contribution is 1.23. The minimum Gasteiger partial charge on any atom is -0.305 e. The third-order valence-corrected chi connectivity index (χ3v) is 4.89. The summed E-state index contributed by atoms with van der Waals surface area (Å²) in [5.41, 5.74) is 4.76. The zero-order valence-electron chi connectivity index (χ0n) is 16.8. The summed E-state index contributed by atoms with van der Waals surface area (Å²) in [6.07, 6.45) is 4.94. The van der Waals surface area contributed by atoms with Crippen LogP contribution in [0.4, 0.5) is 17.1 Å². The van der Waals surface area contributed by atoms with E-state index in [9.17, 15) is 15.8 Å². The second kappa shape index (κ2) is 9.10. The van der Waals surface area contributed by atoms with Crippen molar-refractivity contribution in [1.29, 1.82) is 15.8 Å². The van der Waals surface area contributed by atoms with Crippen molar-refractivity contribution >= 4 is 35.3 Å². The molecule has 0 radical (unpaired) electrons. The molecule has 0 N–H and O–H groups in total. The number of benzene rings is 3. The molecule has 0 unspecified atom stereocenters. The van der Waals surface area contributed by atoms with Gasteiger partial charge in [-0.1, -0.05) is 74.4 Å². The average Bonchev–Trinajstić information content (AvgIpc) is 2.83. The summed E-state index contributed by atoms with van der Waals surface area (Å²) < 4.78 is 0. The molecule has 31 heavy (non-hydrogen) atoms. The summed E-state index contributed by atoms with van der Waals surface area (Å²) in [5, 5.41) is 29.7. The Morgan fingerprint density at radius 1 is 0.548 bits per heavy atom. The van der Waals surface area contributed by atoms with Crippen LogP contribution in [-0.2, 0) is 0 Å². The molecule has 0 spiro atoms. The van der Waals surface area contributed by atoms with Gasteiger partial charge in [-0.15, -0.1) is 0 Å². The summed E-state index contributed by atoms with van der Waals surface area (Å²) in [6, 6.07) is 22.6. The van der Waals surface area contributed by atoms with Gasteiger partial charge < -0.3 is 4.90 Å². The number of rotatable bonds is 6. The Kier molecular flexibility index (Phi) is 6.13. The van der Waals surface area contributed by atoms with Gasteiger partial charge in [-0.2, -0.15) is 15.8 Å². The zero-order chi connectivity index (χ0) is 22.4. The van der Waals surface area contributed by atoms with Gasteiger partial charge >= 0.3 is 0 Å². The maximum atomic E-state index is 9.91. The van der Waals surface area contributed by atoms with Gasteiger partial charge in [0, 0.05) is 0 Å². The van der Waals surface area contributed by atoms with Crippen LogP contribution in [0.5, 0.6) is 0 Å². The molecule has 146 valence electrons. The summed E-state index contributed by atoms with van der Waals surface area (Å²) in [7, 11) is 0. The van der Waals surface area contributed by atoms with Gasteiger partial charge in [0.2, 0.25) is 0 Å². The molecule has 0 amide bonds. The van der Waals surface area contributed by atoms with Gasteiger partial charge in [0.15, 0.2) is 0 Å². The molecule has 0 bridgehead atoms. The van der Waals surface area contributed by atoms with E-state index in [1.807, 2.05) is 18.2 Å². The van der Waals surface area contributed by atoms with E-state index in [2.05, 4.69) is 37.9 Å². The van der Waals surface area contributed by atoms with Crippen molar-refractivity contribution < 1.29 is 0 Å². The first-order chi connectivity index (χ1) is 15.1. The second-order valence-corrected chi connectivity index (χ2v) is 6.51. The Hall–Kier alpha value is -4.85. The minimum atomic E-state index is 0.378. The van der Waals surface area contributed by atoms with Crippen LogP contribution in [0.15, 0.2) is 74.3 Å². The molecule has 0 saturated heterocycles. The van der Waals surface area contributed by atoms with Crippen LogP contribution in [0.1, 0.15) is 33.4 Å². The third kappa shape index (κ3) is 3.60. The van der Waals surface area contributed by atoms with Gasteiger partial charge in [-0.05, 0) is 34.9 Å². The molecule has 3 rings (SSSR count). The molecule has 0 aliphatic rings. The predicted octanol–water partition coefficient (Wildman–Crippen LogP) is 6.70. The first kappa shape index (κ1) is 20.9. The summed E-state index contributed by atoms with van der Waals surface area (Å²) in [4.78, 5) is 1.78. The Balaban J connectivity index is 2.63. The molecule has 0 saturated carbocycles. The number of anilines is 3. The van der Waals surface area contributed by atoms with Crippen molar-refractivity contribution in [2.24, 2.45) is 0 Å². The lowest BCUT2D eigenvalue weighted by Crippen LogP contribution is -2.18. The summed E-state index contributed by atoms with van der Waals surface area (Å²) in [6.45, 7) is 11.7. The normalized spacial score (nSPS) is 9.58. The molecular formula is C27H18N4. The average molecular weight is 398 g/mol. The second-order valence-electron chi connectivity index (χ2n) is 6.51. The molecule has 0 aliphatic carbocycles. The summed E-state index contributed by atoms with van der Waals surface area (Å²) in [5.74, 6) is 0. The lowest BCUT2D eigenvalue weighted by Gasteiger charge is -2.31. The highest BCUT2D eigenvalue weighted by molar-refractivity contribution is 5.95. The van der Waals surface area contributed by atoms with Crippen molar-refractivity contribution in [3.05, 3.63) is 108 Å². The van der Waals surface area contributed by atoms with E-state index in [1.54, 1.807) is 59.5 Å². The number of para-hydroxylation sites is 3. The van der Waals surface area contributed by atoms with Gasteiger partial charge in [0.1, 0.15) is 18.2 Å². The molecule has 0 aromatic heterocycles.